The van der Waals surface area contributed by atoms with Gasteiger partial charge in [0.25, 0.3) is 0 Å². The van der Waals surface area contributed by atoms with Crippen LogP contribution in [0.1, 0.15) is 38.8 Å². The Bertz CT molecular complexity index is 334. The minimum Gasteiger partial charge on any atom is -0.308 e. The van der Waals surface area contributed by atoms with Gasteiger partial charge in [0.1, 0.15) is 0 Å². The Hall–Kier alpha value is -0.900. The molecule has 1 saturated carbocycles. The maximum atomic E-state index is 3.94. The lowest BCUT2D eigenvalue weighted by Crippen LogP contribution is -2.40. The van der Waals surface area contributed by atoms with Crippen LogP contribution >= 0.6 is 0 Å². The van der Waals surface area contributed by atoms with E-state index in [0.29, 0.717) is 6.04 Å². The van der Waals surface area contributed by atoms with Crippen molar-refractivity contribution in [1.82, 2.24) is 20.3 Å². The quantitative estimate of drug-likeness (QED) is 0.847. The lowest BCUT2D eigenvalue weighted by molar-refractivity contribution is 0.205. The molecule has 0 bridgehead atoms. The summed E-state index contributed by atoms with van der Waals surface area (Å²) in [6, 6.07) is 0.652. The van der Waals surface area contributed by atoms with Gasteiger partial charge in [-0.25, -0.2) is 0 Å². The molecule has 0 aromatic carbocycles. The number of nitrogens with one attached hydrogen (secondary N) is 1. The first-order valence-corrected chi connectivity index (χ1v) is 6.25. The fourth-order valence-corrected chi connectivity index (χ4v) is 2.58. The van der Waals surface area contributed by atoms with Crippen LogP contribution in [0.4, 0.5) is 0 Å². The van der Waals surface area contributed by atoms with Gasteiger partial charge in [-0.2, -0.15) is 0 Å². The third-order valence-corrected chi connectivity index (χ3v) is 4.06. The van der Waals surface area contributed by atoms with Crippen LogP contribution in [-0.4, -0.2) is 21.0 Å². The van der Waals surface area contributed by atoms with Gasteiger partial charge in [-0.3, -0.25) is 4.68 Å². The summed E-state index contributed by atoms with van der Waals surface area (Å²) in [6.07, 6.45) is 5.88. The van der Waals surface area contributed by atoms with Crippen LogP contribution in [0.15, 0.2) is 6.20 Å². The molecule has 0 aliphatic heterocycles. The Labute approximate surface area is 97.4 Å². The molecule has 1 aliphatic carbocycles. The first kappa shape index (κ1) is 11.6. The number of aromatic nitrogens is 3. The van der Waals surface area contributed by atoms with Crippen LogP contribution in [0.3, 0.4) is 0 Å². The Morgan fingerprint density at radius 3 is 2.94 bits per heavy atom. The Morgan fingerprint density at radius 2 is 2.25 bits per heavy atom. The van der Waals surface area contributed by atoms with E-state index in [0.717, 1.165) is 24.1 Å². The van der Waals surface area contributed by atoms with E-state index in [1.54, 1.807) is 0 Å². The van der Waals surface area contributed by atoms with E-state index in [-0.39, 0.29) is 0 Å². The maximum Gasteiger partial charge on any atom is 0.0738 e. The topological polar surface area (TPSA) is 42.7 Å². The molecule has 0 amide bonds. The summed E-state index contributed by atoms with van der Waals surface area (Å²) in [4.78, 5) is 0. The molecular formula is C12H22N4. The van der Waals surface area contributed by atoms with Crippen molar-refractivity contribution >= 4 is 0 Å². The summed E-state index contributed by atoms with van der Waals surface area (Å²) in [5.74, 6) is 1.62. The summed E-state index contributed by atoms with van der Waals surface area (Å²) in [5, 5.41) is 11.5. The SMILES string of the molecule is CC1CCCC(NCc2cnnn2C)C1C. The van der Waals surface area contributed by atoms with Crippen LogP contribution < -0.4 is 5.32 Å². The summed E-state index contributed by atoms with van der Waals surface area (Å²) in [6.45, 7) is 5.61. The molecule has 2 rings (SSSR count). The largest absolute Gasteiger partial charge is 0.308 e. The zero-order chi connectivity index (χ0) is 11.5. The van der Waals surface area contributed by atoms with E-state index in [2.05, 4.69) is 29.5 Å². The van der Waals surface area contributed by atoms with E-state index in [1.807, 2.05) is 17.9 Å². The highest BCUT2D eigenvalue weighted by atomic mass is 15.4. The average Bonchev–Trinajstić information content (AvgIpc) is 2.67. The Kier molecular flexibility index (Phi) is 3.59. The van der Waals surface area contributed by atoms with Gasteiger partial charge in [0, 0.05) is 19.6 Å². The molecule has 1 N–H and O–H groups in total. The zero-order valence-corrected chi connectivity index (χ0v) is 10.5. The molecule has 1 aromatic heterocycles. The molecule has 3 unspecified atom stereocenters. The lowest BCUT2D eigenvalue weighted by atomic mass is 9.78. The van der Waals surface area contributed by atoms with Crippen LogP contribution in [0.5, 0.6) is 0 Å². The van der Waals surface area contributed by atoms with Gasteiger partial charge in [0.15, 0.2) is 0 Å². The minimum absolute atomic E-state index is 0.652. The van der Waals surface area contributed by atoms with Crippen molar-refractivity contribution in [1.29, 1.82) is 0 Å². The Morgan fingerprint density at radius 1 is 1.44 bits per heavy atom. The van der Waals surface area contributed by atoms with Crippen molar-refractivity contribution in [3.05, 3.63) is 11.9 Å². The fourth-order valence-electron chi connectivity index (χ4n) is 2.58. The van der Waals surface area contributed by atoms with E-state index >= 15 is 0 Å². The molecule has 3 atom stereocenters. The van der Waals surface area contributed by atoms with Gasteiger partial charge >= 0.3 is 0 Å². The standard InChI is InChI=1S/C12H22N4/c1-9-5-4-6-12(10(9)2)13-7-11-8-14-15-16(11)3/h8-10,12-13H,4-7H2,1-3H3. The second-order valence-electron chi connectivity index (χ2n) is 5.10. The van der Waals surface area contributed by atoms with Gasteiger partial charge in [-0.05, 0) is 18.3 Å². The molecule has 4 heteroatoms. The molecule has 1 aromatic rings. The molecular weight excluding hydrogens is 200 g/mol. The van der Waals surface area contributed by atoms with Gasteiger partial charge in [-0.1, -0.05) is 31.9 Å². The second-order valence-corrected chi connectivity index (χ2v) is 5.10. The number of nitrogens with zero attached hydrogens (tertiary/aromatic N) is 3. The number of hydrogen-bond donors (Lipinski definition) is 1. The van der Waals surface area contributed by atoms with Gasteiger partial charge in [0.2, 0.25) is 0 Å². The van der Waals surface area contributed by atoms with Crippen LogP contribution in [0, 0.1) is 11.8 Å². The van der Waals surface area contributed by atoms with Gasteiger partial charge in [-0.15, -0.1) is 5.10 Å². The zero-order valence-electron chi connectivity index (χ0n) is 10.5. The monoisotopic (exact) mass is 222 g/mol. The molecule has 16 heavy (non-hydrogen) atoms. The van der Waals surface area contributed by atoms with Gasteiger partial charge < -0.3 is 5.32 Å². The Balaban J connectivity index is 1.88. The third-order valence-electron chi connectivity index (χ3n) is 4.06. The predicted octanol–water partition coefficient (Wildman–Crippen LogP) is 1.73. The van der Waals surface area contributed by atoms with Crippen molar-refractivity contribution in [2.45, 2.75) is 45.7 Å². The summed E-state index contributed by atoms with van der Waals surface area (Å²) < 4.78 is 1.84. The van der Waals surface area contributed by atoms with Crippen LogP contribution in [-0.2, 0) is 13.6 Å². The third kappa shape index (κ3) is 2.43. The molecule has 4 nitrogen and oxygen atoms in total. The molecule has 1 aliphatic rings. The summed E-state index contributed by atoms with van der Waals surface area (Å²) >= 11 is 0. The van der Waals surface area contributed by atoms with Crippen molar-refractivity contribution < 1.29 is 0 Å². The number of rotatable bonds is 3. The van der Waals surface area contributed by atoms with Gasteiger partial charge in [0.05, 0.1) is 11.9 Å². The number of aryl methyl sites for hydroxylation is 1. The summed E-state index contributed by atoms with van der Waals surface area (Å²) in [7, 11) is 1.94. The van der Waals surface area contributed by atoms with E-state index < -0.39 is 0 Å². The highest BCUT2D eigenvalue weighted by Gasteiger charge is 2.26. The summed E-state index contributed by atoms with van der Waals surface area (Å²) in [5.41, 5.74) is 1.16. The normalized spacial score (nSPS) is 30.6. The molecule has 0 spiro atoms. The average molecular weight is 222 g/mol. The van der Waals surface area contributed by atoms with Crippen LogP contribution in [0.25, 0.3) is 0 Å². The minimum atomic E-state index is 0.652. The van der Waals surface area contributed by atoms with Crippen molar-refractivity contribution in [3.8, 4) is 0 Å². The second kappa shape index (κ2) is 4.95. The fraction of sp³-hybridized carbons (Fsp3) is 0.833. The lowest BCUT2D eigenvalue weighted by Gasteiger charge is -2.34. The highest BCUT2D eigenvalue weighted by Crippen LogP contribution is 2.29. The van der Waals surface area contributed by atoms with Crippen molar-refractivity contribution in [3.63, 3.8) is 0 Å². The highest BCUT2D eigenvalue weighted by molar-refractivity contribution is 4.94. The van der Waals surface area contributed by atoms with Crippen molar-refractivity contribution in [2.75, 3.05) is 0 Å². The predicted molar refractivity (Wildman–Crippen MR) is 63.8 cm³/mol. The molecule has 0 radical (unpaired) electrons. The van der Waals surface area contributed by atoms with E-state index in [4.69, 9.17) is 0 Å². The molecule has 1 heterocycles. The van der Waals surface area contributed by atoms with Crippen molar-refractivity contribution in [2.24, 2.45) is 18.9 Å². The molecule has 0 saturated heterocycles. The van der Waals surface area contributed by atoms with E-state index in [9.17, 15) is 0 Å². The smallest absolute Gasteiger partial charge is 0.0738 e. The first-order valence-electron chi connectivity index (χ1n) is 6.25. The number of hydrogen-bond acceptors (Lipinski definition) is 3. The first-order chi connectivity index (χ1) is 7.68. The molecule has 1 fully saturated rings. The van der Waals surface area contributed by atoms with E-state index in [1.165, 1.54) is 19.3 Å². The van der Waals surface area contributed by atoms with Crippen LogP contribution in [0.2, 0.25) is 0 Å². The maximum absolute atomic E-state index is 3.94. The molecule has 90 valence electrons.